The van der Waals surface area contributed by atoms with Gasteiger partial charge in [-0.1, -0.05) is 60.2 Å². The Morgan fingerprint density at radius 1 is 0.938 bits per heavy atom. The zero-order chi connectivity index (χ0) is 22.8. The van der Waals surface area contributed by atoms with Crippen LogP contribution >= 0.6 is 0 Å². The minimum atomic E-state index is -3.73. The van der Waals surface area contributed by atoms with Crippen LogP contribution in [0.2, 0.25) is 0 Å². The molecule has 2 fully saturated rings. The van der Waals surface area contributed by atoms with Gasteiger partial charge in [0.15, 0.2) is 19.7 Å². The summed E-state index contributed by atoms with van der Waals surface area (Å²) in [4.78, 5) is 4.58. The third kappa shape index (κ3) is 5.31. The van der Waals surface area contributed by atoms with Crippen molar-refractivity contribution >= 4 is 25.8 Å². The normalized spacial score (nSPS) is 24.8. The van der Waals surface area contributed by atoms with Crippen LogP contribution in [0.25, 0.3) is 6.08 Å². The molecule has 8 heteroatoms. The Morgan fingerprint density at radius 3 is 2.25 bits per heavy atom. The van der Waals surface area contributed by atoms with E-state index in [2.05, 4.69) is 34.1 Å². The van der Waals surface area contributed by atoms with Gasteiger partial charge in [-0.25, -0.2) is 16.8 Å². The van der Waals surface area contributed by atoms with E-state index in [0.717, 1.165) is 30.8 Å². The second-order valence-corrected chi connectivity index (χ2v) is 13.0. The summed E-state index contributed by atoms with van der Waals surface area (Å²) >= 11 is 0. The summed E-state index contributed by atoms with van der Waals surface area (Å²) in [5.74, 6) is -0.384. The summed E-state index contributed by atoms with van der Waals surface area (Å²) in [5.41, 5.74) is 2.13. The molecule has 0 aliphatic carbocycles. The number of benzene rings is 2. The Balaban J connectivity index is 1.42. The van der Waals surface area contributed by atoms with Crippen molar-refractivity contribution in [2.45, 2.75) is 23.1 Å². The molecule has 2 aromatic rings. The van der Waals surface area contributed by atoms with Crippen molar-refractivity contribution in [2.75, 3.05) is 44.2 Å². The molecule has 0 saturated carbocycles. The van der Waals surface area contributed by atoms with Gasteiger partial charge in [-0.3, -0.25) is 9.80 Å². The first kappa shape index (κ1) is 23.2. The predicted octanol–water partition coefficient (Wildman–Crippen LogP) is 2.27. The Kier molecular flexibility index (Phi) is 6.86. The maximum absolute atomic E-state index is 13.3. The van der Waals surface area contributed by atoms with Crippen LogP contribution in [-0.4, -0.2) is 82.2 Å². The van der Waals surface area contributed by atoms with E-state index >= 15 is 0 Å². The van der Waals surface area contributed by atoms with Gasteiger partial charge >= 0.3 is 0 Å². The minimum Gasteiger partial charge on any atom is -0.297 e. The van der Waals surface area contributed by atoms with Gasteiger partial charge in [0.05, 0.1) is 21.7 Å². The SMILES string of the molecule is Cc1ccc(S(=O)(=O)[C@H]2CS(=O)(=O)C[C@@H]2N2CCN(CC=Cc3ccccc3)CC2)cc1. The Morgan fingerprint density at radius 2 is 1.59 bits per heavy atom. The van der Waals surface area contributed by atoms with Gasteiger partial charge in [-0.05, 0) is 24.6 Å². The van der Waals surface area contributed by atoms with Crippen molar-refractivity contribution in [3.05, 3.63) is 71.8 Å². The molecule has 2 aliphatic heterocycles. The highest BCUT2D eigenvalue weighted by molar-refractivity contribution is 7.96. The number of rotatable bonds is 6. The molecule has 0 unspecified atom stereocenters. The molecular weight excluding hydrogens is 444 g/mol. The molecule has 0 N–H and O–H groups in total. The zero-order valence-electron chi connectivity index (χ0n) is 18.3. The van der Waals surface area contributed by atoms with E-state index in [4.69, 9.17) is 0 Å². The molecule has 0 amide bonds. The van der Waals surface area contributed by atoms with Gasteiger partial charge in [-0.2, -0.15) is 0 Å². The number of piperazine rings is 1. The fourth-order valence-corrected chi connectivity index (χ4v) is 9.35. The molecular formula is C24H30N2O4S2. The molecule has 0 radical (unpaired) electrons. The summed E-state index contributed by atoms with van der Waals surface area (Å²) in [5, 5.41) is -0.917. The van der Waals surface area contributed by atoms with Crippen LogP contribution in [-0.2, 0) is 19.7 Å². The summed E-state index contributed by atoms with van der Waals surface area (Å²) in [6, 6.07) is 16.3. The zero-order valence-corrected chi connectivity index (χ0v) is 19.9. The predicted molar refractivity (Wildman–Crippen MR) is 128 cm³/mol. The lowest BCUT2D eigenvalue weighted by Crippen LogP contribution is -2.54. The monoisotopic (exact) mass is 474 g/mol. The first-order chi connectivity index (χ1) is 15.2. The lowest BCUT2D eigenvalue weighted by atomic mass is 10.1. The average molecular weight is 475 g/mol. The van der Waals surface area contributed by atoms with Gasteiger partial charge in [0.2, 0.25) is 0 Å². The number of aryl methyl sites for hydroxylation is 1. The highest BCUT2D eigenvalue weighted by Gasteiger charge is 2.48. The number of sulfone groups is 2. The standard InChI is InChI=1S/C24H30N2O4S2/c1-20-9-11-22(12-10-20)32(29,30)24-19-31(27,28)18-23(24)26-16-14-25(15-17-26)13-5-8-21-6-3-2-4-7-21/h2-12,23-24H,13-19H2,1H3/t23-,24-/m0/s1. The van der Waals surface area contributed by atoms with E-state index in [1.165, 1.54) is 0 Å². The molecule has 2 heterocycles. The molecule has 32 heavy (non-hydrogen) atoms. The summed E-state index contributed by atoms with van der Waals surface area (Å²) in [7, 11) is -7.13. The molecule has 6 nitrogen and oxygen atoms in total. The van der Waals surface area contributed by atoms with Crippen molar-refractivity contribution in [2.24, 2.45) is 0 Å². The molecule has 0 bridgehead atoms. The number of hydrogen-bond acceptors (Lipinski definition) is 6. The van der Waals surface area contributed by atoms with Crippen LogP contribution < -0.4 is 0 Å². The van der Waals surface area contributed by atoms with Crippen molar-refractivity contribution in [1.29, 1.82) is 0 Å². The lowest BCUT2D eigenvalue weighted by molar-refractivity contribution is 0.113. The quantitative estimate of drug-likeness (QED) is 0.639. The third-order valence-electron chi connectivity index (χ3n) is 6.37. The number of hydrogen-bond donors (Lipinski definition) is 0. The van der Waals surface area contributed by atoms with Crippen LogP contribution in [0.15, 0.2) is 65.6 Å². The van der Waals surface area contributed by atoms with Crippen LogP contribution in [0.5, 0.6) is 0 Å². The molecule has 0 aromatic heterocycles. The van der Waals surface area contributed by atoms with Gasteiger partial charge in [0, 0.05) is 38.8 Å². The van der Waals surface area contributed by atoms with E-state index in [0.29, 0.717) is 13.1 Å². The smallest absolute Gasteiger partial charge is 0.183 e. The molecule has 2 saturated heterocycles. The Bertz CT molecular complexity index is 1150. The Labute approximate surface area is 191 Å². The molecule has 0 spiro atoms. The molecule has 2 aromatic carbocycles. The van der Waals surface area contributed by atoms with E-state index in [9.17, 15) is 16.8 Å². The maximum Gasteiger partial charge on any atom is 0.183 e. The average Bonchev–Trinajstić information content (AvgIpc) is 3.12. The second-order valence-electron chi connectivity index (χ2n) is 8.69. The van der Waals surface area contributed by atoms with Crippen molar-refractivity contribution in [3.63, 3.8) is 0 Å². The van der Waals surface area contributed by atoms with Crippen molar-refractivity contribution in [1.82, 2.24) is 9.80 Å². The number of nitrogens with zero attached hydrogens (tertiary/aromatic N) is 2. The van der Waals surface area contributed by atoms with Gasteiger partial charge in [0.1, 0.15) is 0 Å². The van der Waals surface area contributed by atoms with Gasteiger partial charge in [-0.15, -0.1) is 0 Å². The topological polar surface area (TPSA) is 74.8 Å². The van der Waals surface area contributed by atoms with Crippen LogP contribution in [0.3, 0.4) is 0 Å². The lowest BCUT2D eigenvalue weighted by Gasteiger charge is -2.39. The fraction of sp³-hybridized carbons (Fsp3) is 0.417. The van der Waals surface area contributed by atoms with E-state index < -0.39 is 31.0 Å². The Hall–Kier alpha value is -2.00. The molecule has 2 atom stereocenters. The first-order valence-electron chi connectivity index (χ1n) is 10.9. The first-order valence-corrected chi connectivity index (χ1v) is 14.3. The van der Waals surface area contributed by atoms with E-state index in [-0.39, 0.29) is 16.4 Å². The van der Waals surface area contributed by atoms with Crippen LogP contribution in [0.4, 0.5) is 0 Å². The summed E-state index contributed by atoms with van der Waals surface area (Å²) in [6.45, 7) is 5.61. The van der Waals surface area contributed by atoms with Gasteiger partial charge < -0.3 is 0 Å². The van der Waals surface area contributed by atoms with E-state index in [1.807, 2.05) is 25.1 Å². The highest BCUT2D eigenvalue weighted by atomic mass is 32.2. The van der Waals surface area contributed by atoms with Crippen molar-refractivity contribution in [3.8, 4) is 0 Å². The van der Waals surface area contributed by atoms with Crippen LogP contribution in [0, 0.1) is 6.92 Å². The van der Waals surface area contributed by atoms with Crippen molar-refractivity contribution < 1.29 is 16.8 Å². The fourth-order valence-electron chi connectivity index (χ4n) is 4.52. The molecule has 172 valence electrons. The highest BCUT2D eigenvalue weighted by Crippen LogP contribution is 2.30. The van der Waals surface area contributed by atoms with Crippen LogP contribution in [0.1, 0.15) is 11.1 Å². The largest absolute Gasteiger partial charge is 0.297 e. The summed E-state index contributed by atoms with van der Waals surface area (Å²) < 4.78 is 51.5. The summed E-state index contributed by atoms with van der Waals surface area (Å²) in [6.07, 6.45) is 4.23. The third-order valence-corrected chi connectivity index (χ3v) is 10.5. The minimum absolute atomic E-state index is 0.0866. The second kappa shape index (κ2) is 9.47. The van der Waals surface area contributed by atoms with E-state index in [1.54, 1.807) is 24.3 Å². The van der Waals surface area contributed by atoms with Gasteiger partial charge in [0.25, 0.3) is 0 Å². The maximum atomic E-state index is 13.3. The molecule has 2 aliphatic rings. The molecule has 4 rings (SSSR count).